The lowest BCUT2D eigenvalue weighted by molar-refractivity contribution is 0.271. The van der Waals surface area contributed by atoms with Crippen molar-refractivity contribution in [3.63, 3.8) is 0 Å². The Morgan fingerprint density at radius 1 is 1.14 bits per heavy atom. The molecule has 3 heteroatoms. The van der Waals surface area contributed by atoms with Gasteiger partial charge in [-0.15, -0.1) is 0 Å². The van der Waals surface area contributed by atoms with Gasteiger partial charge in [-0.05, 0) is 43.7 Å². The van der Waals surface area contributed by atoms with Crippen molar-refractivity contribution in [2.24, 2.45) is 5.92 Å². The number of ether oxygens (including phenoxy) is 1. The Kier molecular flexibility index (Phi) is 4.71. The smallest absolute Gasteiger partial charge is 0.145 e. The van der Waals surface area contributed by atoms with Crippen LogP contribution in [0.3, 0.4) is 0 Å². The van der Waals surface area contributed by atoms with Crippen LogP contribution in [0.25, 0.3) is 10.9 Å². The van der Waals surface area contributed by atoms with Crippen LogP contribution in [0.5, 0.6) is 5.75 Å². The molecule has 1 saturated carbocycles. The highest BCUT2D eigenvalue weighted by atomic mass is 16.5. The lowest BCUT2D eigenvalue weighted by atomic mass is 9.87. The van der Waals surface area contributed by atoms with E-state index in [-0.39, 0.29) is 0 Å². The minimum atomic E-state index is 0.676. The fourth-order valence-electron chi connectivity index (χ4n) is 3.08. The zero-order valence-corrected chi connectivity index (χ0v) is 12.7. The van der Waals surface area contributed by atoms with E-state index in [1.165, 1.54) is 25.7 Å². The van der Waals surface area contributed by atoms with E-state index in [0.29, 0.717) is 12.6 Å². The lowest BCUT2D eigenvalue weighted by Gasteiger charge is -2.27. The number of hydrogen-bond acceptors (Lipinski definition) is 3. The highest BCUT2D eigenvalue weighted by Crippen LogP contribution is 2.24. The van der Waals surface area contributed by atoms with Crippen molar-refractivity contribution in [1.82, 2.24) is 10.3 Å². The molecule has 21 heavy (non-hydrogen) atoms. The van der Waals surface area contributed by atoms with Crippen molar-refractivity contribution in [3.05, 3.63) is 36.5 Å². The number of rotatable bonds is 5. The second-order valence-corrected chi connectivity index (χ2v) is 6.09. The van der Waals surface area contributed by atoms with E-state index in [9.17, 15) is 0 Å². The number of nitrogens with one attached hydrogen (secondary N) is 1. The summed E-state index contributed by atoms with van der Waals surface area (Å²) in [5.74, 6) is 1.79. The Morgan fingerprint density at radius 3 is 2.81 bits per heavy atom. The summed E-state index contributed by atoms with van der Waals surface area (Å²) in [6.45, 7) is 3.96. The summed E-state index contributed by atoms with van der Waals surface area (Å²) in [4.78, 5) is 4.41. The van der Waals surface area contributed by atoms with Crippen LogP contribution in [0.1, 0.15) is 32.6 Å². The van der Waals surface area contributed by atoms with Crippen LogP contribution in [0, 0.1) is 5.92 Å². The quantitative estimate of drug-likeness (QED) is 0.848. The number of pyridine rings is 1. The Balaban J connectivity index is 1.48. The summed E-state index contributed by atoms with van der Waals surface area (Å²) in [6.07, 6.45) is 7.13. The highest BCUT2D eigenvalue weighted by molar-refractivity contribution is 5.84. The predicted molar refractivity (Wildman–Crippen MR) is 86.7 cm³/mol. The molecule has 1 aromatic carbocycles. The normalized spacial score (nSPS) is 22.3. The summed E-state index contributed by atoms with van der Waals surface area (Å²) >= 11 is 0. The molecule has 1 aliphatic rings. The average molecular weight is 284 g/mol. The topological polar surface area (TPSA) is 34.1 Å². The van der Waals surface area contributed by atoms with Crippen LogP contribution in [-0.4, -0.2) is 24.2 Å². The third kappa shape index (κ3) is 3.73. The van der Waals surface area contributed by atoms with Crippen molar-refractivity contribution in [2.75, 3.05) is 13.2 Å². The van der Waals surface area contributed by atoms with Gasteiger partial charge in [0.1, 0.15) is 17.9 Å². The highest BCUT2D eigenvalue weighted by Gasteiger charge is 2.17. The molecule has 3 nitrogen and oxygen atoms in total. The van der Waals surface area contributed by atoms with Crippen LogP contribution < -0.4 is 10.1 Å². The van der Waals surface area contributed by atoms with Gasteiger partial charge in [-0.1, -0.05) is 25.1 Å². The van der Waals surface area contributed by atoms with E-state index >= 15 is 0 Å². The molecule has 3 rings (SSSR count). The van der Waals surface area contributed by atoms with Gasteiger partial charge in [-0.3, -0.25) is 4.98 Å². The van der Waals surface area contributed by atoms with E-state index in [2.05, 4.69) is 29.4 Å². The predicted octanol–water partition coefficient (Wildman–Crippen LogP) is 3.78. The summed E-state index contributed by atoms with van der Waals surface area (Å²) in [5, 5.41) is 4.74. The van der Waals surface area contributed by atoms with E-state index < -0.39 is 0 Å². The van der Waals surface area contributed by atoms with Crippen LogP contribution in [0.2, 0.25) is 0 Å². The molecule has 1 aliphatic carbocycles. The maximum atomic E-state index is 5.91. The molecule has 0 saturated heterocycles. The molecule has 0 bridgehead atoms. The molecule has 2 aromatic rings. The number of aromatic nitrogens is 1. The minimum absolute atomic E-state index is 0.676. The standard InChI is InChI=1S/C18H24N2O/c1-14-7-9-16(10-8-14)19-12-13-21-17-6-2-4-15-5-3-11-20-18(15)17/h2-6,11,14,16,19H,7-10,12-13H2,1H3. The summed E-state index contributed by atoms with van der Waals surface area (Å²) in [7, 11) is 0. The molecule has 0 spiro atoms. The van der Waals surface area contributed by atoms with Gasteiger partial charge in [0.05, 0.1) is 0 Å². The van der Waals surface area contributed by atoms with Crippen molar-refractivity contribution < 1.29 is 4.74 Å². The van der Waals surface area contributed by atoms with Gasteiger partial charge >= 0.3 is 0 Å². The monoisotopic (exact) mass is 284 g/mol. The van der Waals surface area contributed by atoms with Crippen molar-refractivity contribution in [2.45, 2.75) is 38.6 Å². The van der Waals surface area contributed by atoms with Gasteiger partial charge in [0, 0.05) is 24.2 Å². The van der Waals surface area contributed by atoms with E-state index in [1.54, 1.807) is 0 Å². The molecular weight excluding hydrogens is 260 g/mol. The molecule has 0 atom stereocenters. The van der Waals surface area contributed by atoms with Crippen LogP contribution in [0.4, 0.5) is 0 Å². The van der Waals surface area contributed by atoms with Crippen molar-refractivity contribution in [1.29, 1.82) is 0 Å². The summed E-state index contributed by atoms with van der Waals surface area (Å²) in [6, 6.07) is 10.8. The number of nitrogens with zero attached hydrogens (tertiary/aromatic N) is 1. The van der Waals surface area contributed by atoms with Gasteiger partial charge in [0.25, 0.3) is 0 Å². The SMILES string of the molecule is CC1CCC(NCCOc2cccc3cccnc23)CC1. The lowest BCUT2D eigenvalue weighted by Crippen LogP contribution is -2.35. The van der Waals surface area contributed by atoms with Gasteiger partial charge in [-0.2, -0.15) is 0 Å². The number of benzene rings is 1. The molecule has 0 radical (unpaired) electrons. The average Bonchev–Trinajstić information content (AvgIpc) is 2.53. The fourth-order valence-corrected chi connectivity index (χ4v) is 3.08. The molecule has 1 N–H and O–H groups in total. The second kappa shape index (κ2) is 6.90. The molecule has 1 aromatic heterocycles. The number of hydrogen-bond donors (Lipinski definition) is 1. The third-order valence-corrected chi connectivity index (χ3v) is 4.40. The van der Waals surface area contributed by atoms with Gasteiger partial charge < -0.3 is 10.1 Å². The zero-order chi connectivity index (χ0) is 14.5. The molecule has 112 valence electrons. The summed E-state index contributed by atoms with van der Waals surface area (Å²) in [5.41, 5.74) is 0.950. The largest absolute Gasteiger partial charge is 0.490 e. The first-order valence-electron chi connectivity index (χ1n) is 8.03. The Hall–Kier alpha value is -1.61. The number of para-hydroxylation sites is 1. The molecule has 0 aliphatic heterocycles. The Bertz CT molecular complexity index is 571. The Labute approximate surface area is 126 Å². The Morgan fingerprint density at radius 2 is 1.95 bits per heavy atom. The maximum Gasteiger partial charge on any atom is 0.145 e. The van der Waals surface area contributed by atoms with Crippen LogP contribution in [-0.2, 0) is 0 Å². The maximum absolute atomic E-state index is 5.91. The van der Waals surface area contributed by atoms with E-state index in [1.807, 2.05) is 24.4 Å². The zero-order valence-electron chi connectivity index (χ0n) is 12.7. The molecule has 1 fully saturated rings. The molecule has 0 amide bonds. The van der Waals surface area contributed by atoms with E-state index in [0.717, 1.165) is 29.1 Å². The molecular formula is C18H24N2O. The van der Waals surface area contributed by atoms with Crippen molar-refractivity contribution in [3.8, 4) is 5.75 Å². The van der Waals surface area contributed by atoms with Crippen LogP contribution in [0.15, 0.2) is 36.5 Å². The number of fused-ring (bicyclic) bond motifs is 1. The van der Waals surface area contributed by atoms with Crippen LogP contribution >= 0.6 is 0 Å². The van der Waals surface area contributed by atoms with E-state index in [4.69, 9.17) is 4.74 Å². The first-order chi connectivity index (χ1) is 10.3. The van der Waals surface area contributed by atoms with Crippen molar-refractivity contribution >= 4 is 10.9 Å². The summed E-state index contributed by atoms with van der Waals surface area (Å²) < 4.78 is 5.91. The first-order valence-corrected chi connectivity index (χ1v) is 8.03. The molecule has 0 unspecified atom stereocenters. The van der Waals surface area contributed by atoms with Gasteiger partial charge in [-0.25, -0.2) is 0 Å². The molecule has 1 heterocycles. The fraction of sp³-hybridized carbons (Fsp3) is 0.500. The second-order valence-electron chi connectivity index (χ2n) is 6.09. The van der Waals surface area contributed by atoms with Gasteiger partial charge in [0.15, 0.2) is 0 Å². The third-order valence-electron chi connectivity index (χ3n) is 4.40. The minimum Gasteiger partial charge on any atom is -0.490 e. The van der Waals surface area contributed by atoms with Gasteiger partial charge in [0.2, 0.25) is 0 Å². The first kappa shape index (κ1) is 14.3.